The fraction of sp³-hybridized carbons (Fsp3) is 0. The third-order valence-electron chi connectivity index (χ3n) is 1.47. The maximum atomic E-state index is 10.4. The molecule has 0 bridgehead atoms. The average Bonchev–Trinajstić information content (AvgIpc) is 2.04. The zero-order valence-corrected chi connectivity index (χ0v) is 6.32. The number of nitrogens with two attached hydrogens (primary N) is 2. The van der Waals surface area contributed by atoms with Gasteiger partial charge in [0.25, 0.3) is 5.84 Å². The number of carboxylic acids is 1. The SMILES string of the molecule is NC(=[NH2+])c1ccc(C(=O)O)cc1. The fourth-order valence-corrected chi connectivity index (χ4v) is 0.805. The predicted molar refractivity (Wildman–Crippen MR) is 43.6 cm³/mol. The molecule has 0 spiro atoms. The van der Waals surface area contributed by atoms with E-state index in [0.29, 0.717) is 5.56 Å². The quantitative estimate of drug-likeness (QED) is 0.382. The lowest BCUT2D eigenvalue weighted by Gasteiger charge is -1.94. The molecule has 1 aromatic carbocycles. The minimum Gasteiger partial charge on any atom is -0.478 e. The van der Waals surface area contributed by atoms with Gasteiger partial charge in [0, 0.05) is 0 Å². The van der Waals surface area contributed by atoms with E-state index in [-0.39, 0.29) is 11.4 Å². The Morgan fingerprint density at radius 3 is 2.00 bits per heavy atom. The molecule has 4 nitrogen and oxygen atoms in total. The van der Waals surface area contributed by atoms with Crippen molar-refractivity contribution >= 4 is 11.8 Å². The zero-order chi connectivity index (χ0) is 9.14. The van der Waals surface area contributed by atoms with Crippen LogP contribution in [0.4, 0.5) is 0 Å². The standard InChI is InChI=1S/C8H8N2O2/c9-7(10)5-1-3-6(4-2-5)8(11)12/h1-4H,(H3,9,10)(H,11,12)/p+1. The molecule has 0 aromatic heterocycles. The molecule has 0 radical (unpaired) electrons. The second kappa shape index (κ2) is 3.04. The lowest BCUT2D eigenvalue weighted by Crippen LogP contribution is -2.46. The number of benzene rings is 1. The zero-order valence-electron chi connectivity index (χ0n) is 6.32. The van der Waals surface area contributed by atoms with Crippen LogP contribution < -0.4 is 11.1 Å². The highest BCUT2D eigenvalue weighted by atomic mass is 16.4. The van der Waals surface area contributed by atoms with Crippen molar-refractivity contribution in [2.75, 3.05) is 0 Å². The summed E-state index contributed by atoms with van der Waals surface area (Å²) < 4.78 is 0. The van der Waals surface area contributed by atoms with Crippen molar-refractivity contribution in [3.63, 3.8) is 0 Å². The Balaban J connectivity index is 3.01. The van der Waals surface area contributed by atoms with E-state index in [2.05, 4.69) is 0 Å². The fourth-order valence-electron chi connectivity index (χ4n) is 0.805. The van der Waals surface area contributed by atoms with Gasteiger partial charge in [0.1, 0.15) is 0 Å². The molecule has 4 heteroatoms. The van der Waals surface area contributed by atoms with Crippen LogP contribution in [-0.2, 0) is 0 Å². The number of carbonyl (C=O) groups is 1. The van der Waals surface area contributed by atoms with E-state index in [0.717, 1.165) is 0 Å². The maximum Gasteiger partial charge on any atom is 0.335 e. The lowest BCUT2D eigenvalue weighted by atomic mass is 10.1. The molecule has 0 aliphatic rings. The van der Waals surface area contributed by atoms with Crippen molar-refractivity contribution in [3.05, 3.63) is 35.4 Å². The van der Waals surface area contributed by atoms with Gasteiger partial charge in [-0.3, -0.25) is 11.1 Å². The van der Waals surface area contributed by atoms with E-state index >= 15 is 0 Å². The van der Waals surface area contributed by atoms with Gasteiger partial charge in [-0.05, 0) is 24.3 Å². The van der Waals surface area contributed by atoms with Crippen LogP contribution in [0.1, 0.15) is 15.9 Å². The number of rotatable bonds is 2. The van der Waals surface area contributed by atoms with Crippen LogP contribution >= 0.6 is 0 Å². The monoisotopic (exact) mass is 165 g/mol. The Bertz CT molecular complexity index is 283. The molecular formula is C8H9N2O2+. The van der Waals surface area contributed by atoms with E-state index in [4.69, 9.17) is 16.2 Å². The molecule has 12 heavy (non-hydrogen) atoms. The van der Waals surface area contributed by atoms with Crippen molar-refractivity contribution < 1.29 is 15.3 Å². The Labute approximate surface area is 69.1 Å². The summed E-state index contributed by atoms with van der Waals surface area (Å²) in [4.78, 5) is 10.4. The lowest BCUT2D eigenvalue weighted by molar-refractivity contribution is -0.114. The first-order valence-electron chi connectivity index (χ1n) is 3.33. The molecular weight excluding hydrogens is 156 g/mol. The molecule has 62 valence electrons. The van der Waals surface area contributed by atoms with Crippen molar-refractivity contribution in [3.8, 4) is 0 Å². The van der Waals surface area contributed by atoms with Crippen molar-refractivity contribution in [2.24, 2.45) is 5.73 Å². The maximum absolute atomic E-state index is 10.4. The van der Waals surface area contributed by atoms with E-state index in [1.165, 1.54) is 12.1 Å². The molecule has 0 atom stereocenters. The third kappa shape index (κ3) is 1.60. The highest BCUT2D eigenvalue weighted by molar-refractivity contribution is 5.94. The van der Waals surface area contributed by atoms with Gasteiger partial charge in [-0.15, -0.1) is 0 Å². The van der Waals surface area contributed by atoms with Crippen LogP contribution in [0.25, 0.3) is 0 Å². The number of aromatic carboxylic acids is 1. The number of carboxylic acid groups (broad SMARTS) is 1. The molecule has 5 N–H and O–H groups in total. The van der Waals surface area contributed by atoms with Gasteiger partial charge in [-0.2, -0.15) is 0 Å². The smallest absolute Gasteiger partial charge is 0.335 e. The summed E-state index contributed by atoms with van der Waals surface area (Å²) in [5.41, 5.74) is 6.15. The van der Waals surface area contributed by atoms with Crippen LogP contribution in [0.5, 0.6) is 0 Å². The van der Waals surface area contributed by atoms with Crippen LogP contribution in [-0.4, -0.2) is 16.9 Å². The number of amidine groups is 1. The van der Waals surface area contributed by atoms with Crippen LogP contribution in [0.2, 0.25) is 0 Å². The van der Waals surface area contributed by atoms with Gasteiger partial charge < -0.3 is 5.11 Å². The van der Waals surface area contributed by atoms with Crippen LogP contribution in [0.3, 0.4) is 0 Å². The number of hydrogen-bond donors (Lipinski definition) is 3. The summed E-state index contributed by atoms with van der Waals surface area (Å²) in [5, 5.41) is 13.8. The third-order valence-corrected chi connectivity index (χ3v) is 1.47. The Hall–Kier alpha value is -1.84. The Morgan fingerprint density at radius 1 is 1.25 bits per heavy atom. The predicted octanol–water partition coefficient (Wildman–Crippen LogP) is -1.15. The minimum atomic E-state index is -0.961. The van der Waals surface area contributed by atoms with Gasteiger partial charge in [-0.1, -0.05) is 0 Å². The minimum absolute atomic E-state index is 0.187. The van der Waals surface area contributed by atoms with E-state index in [1.54, 1.807) is 12.1 Å². The summed E-state index contributed by atoms with van der Waals surface area (Å²) in [6.07, 6.45) is 0. The first kappa shape index (κ1) is 8.26. The molecule has 0 heterocycles. The van der Waals surface area contributed by atoms with Gasteiger partial charge in [0.2, 0.25) is 0 Å². The summed E-state index contributed by atoms with van der Waals surface area (Å²) in [5.74, 6) is -0.774. The number of hydrogen-bond acceptors (Lipinski definition) is 1. The van der Waals surface area contributed by atoms with Gasteiger partial charge >= 0.3 is 5.97 Å². The van der Waals surface area contributed by atoms with Crippen LogP contribution in [0, 0.1) is 0 Å². The molecule has 0 amide bonds. The average molecular weight is 165 g/mol. The molecule has 0 saturated carbocycles. The largest absolute Gasteiger partial charge is 0.478 e. The van der Waals surface area contributed by atoms with E-state index < -0.39 is 5.97 Å². The first-order chi connectivity index (χ1) is 5.61. The summed E-state index contributed by atoms with van der Waals surface area (Å²) in [7, 11) is 0. The summed E-state index contributed by atoms with van der Waals surface area (Å²) >= 11 is 0. The van der Waals surface area contributed by atoms with Crippen molar-refractivity contribution in [1.29, 1.82) is 0 Å². The Kier molecular flexibility index (Phi) is 2.09. The molecule has 1 aromatic rings. The topological polar surface area (TPSA) is 88.9 Å². The molecule has 0 aliphatic heterocycles. The van der Waals surface area contributed by atoms with Gasteiger partial charge in [0.15, 0.2) is 0 Å². The Morgan fingerprint density at radius 2 is 1.67 bits per heavy atom. The van der Waals surface area contributed by atoms with Crippen LogP contribution in [0.15, 0.2) is 24.3 Å². The van der Waals surface area contributed by atoms with Crippen molar-refractivity contribution in [1.82, 2.24) is 0 Å². The summed E-state index contributed by atoms with van der Waals surface area (Å²) in [6, 6.07) is 6.05. The highest BCUT2D eigenvalue weighted by Crippen LogP contribution is 2.02. The second-order valence-corrected chi connectivity index (χ2v) is 2.34. The summed E-state index contributed by atoms with van der Waals surface area (Å²) in [6.45, 7) is 0. The first-order valence-corrected chi connectivity index (χ1v) is 3.33. The highest BCUT2D eigenvalue weighted by Gasteiger charge is 2.04. The molecule has 0 saturated heterocycles. The van der Waals surface area contributed by atoms with Gasteiger partial charge in [0.05, 0.1) is 11.1 Å². The molecule has 0 unspecified atom stereocenters. The van der Waals surface area contributed by atoms with E-state index in [9.17, 15) is 4.79 Å². The van der Waals surface area contributed by atoms with Gasteiger partial charge in [-0.25, -0.2) is 4.79 Å². The molecule has 0 fully saturated rings. The molecule has 1 rings (SSSR count). The van der Waals surface area contributed by atoms with Crippen molar-refractivity contribution in [2.45, 2.75) is 0 Å². The van der Waals surface area contributed by atoms with E-state index in [1.807, 2.05) is 0 Å². The second-order valence-electron chi connectivity index (χ2n) is 2.34. The molecule has 0 aliphatic carbocycles. The normalized spacial score (nSPS) is 9.33.